The largest absolute Gasteiger partial charge is 0.398 e. The zero-order valence-electron chi connectivity index (χ0n) is 11.2. The first-order chi connectivity index (χ1) is 9.25. The van der Waals surface area contributed by atoms with Crippen molar-refractivity contribution in [1.29, 1.82) is 0 Å². The highest BCUT2D eigenvalue weighted by atomic mass is 15.2. The van der Waals surface area contributed by atoms with Gasteiger partial charge in [-0.05, 0) is 42.2 Å². The smallest absolute Gasteiger partial charge is 0.0362 e. The fraction of sp³-hybridized carbons (Fsp3) is 0.312. The van der Waals surface area contributed by atoms with E-state index in [-0.39, 0.29) is 0 Å². The first-order valence-corrected chi connectivity index (χ1v) is 6.76. The minimum Gasteiger partial charge on any atom is -0.398 e. The molecule has 1 aromatic carbocycles. The molecule has 0 radical (unpaired) electrons. The summed E-state index contributed by atoms with van der Waals surface area (Å²) in [7, 11) is 0. The van der Waals surface area contributed by atoms with Crippen molar-refractivity contribution in [2.24, 2.45) is 0 Å². The molecule has 2 N–H and O–H groups in total. The molecule has 0 fully saturated rings. The predicted octanol–water partition coefficient (Wildman–Crippen LogP) is 2.78. The number of rotatable bonds is 2. The summed E-state index contributed by atoms with van der Waals surface area (Å²) in [6.07, 6.45) is 4.85. The molecule has 0 saturated carbocycles. The van der Waals surface area contributed by atoms with Crippen LogP contribution in [-0.2, 0) is 13.0 Å². The number of hydrogen-bond donors (Lipinski definition) is 1. The number of pyridine rings is 1. The van der Waals surface area contributed by atoms with Crippen molar-refractivity contribution in [3.63, 3.8) is 0 Å². The van der Waals surface area contributed by atoms with Crippen LogP contribution in [0.4, 0.5) is 5.69 Å². The second kappa shape index (κ2) is 5.02. The van der Waals surface area contributed by atoms with E-state index in [4.69, 9.17) is 5.73 Å². The van der Waals surface area contributed by atoms with E-state index in [0.29, 0.717) is 6.04 Å². The van der Waals surface area contributed by atoms with Gasteiger partial charge in [0, 0.05) is 37.2 Å². The molecular formula is C16H19N3. The normalized spacial score (nSPS) is 16.9. The molecule has 0 aliphatic carbocycles. The predicted molar refractivity (Wildman–Crippen MR) is 77.6 cm³/mol. The Hall–Kier alpha value is -1.87. The van der Waals surface area contributed by atoms with Crippen molar-refractivity contribution in [2.75, 3.05) is 12.3 Å². The highest BCUT2D eigenvalue weighted by molar-refractivity contribution is 5.51. The molecule has 1 unspecified atom stereocenters. The fourth-order valence-electron chi connectivity index (χ4n) is 2.79. The molecule has 3 rings (SSSR count). The van der Waals surface area contributed by atoms with Crippen LogP contribution in [-0.4, -0.2) is 16.4 Å². The summed E-state index contributed by atoms with van der Waals surface area (Å²) in [4.78, 5) is 6.68. The van der Waals surface area contributed by atoms with Crippen molar-refractivity contribution < 1.29 is 0 Å². The Kier molecular flexibility index (Phi) is 3.22. The Morgan fingerprint density at radius 2 is 2.16 bits per heavy atom. The van der Waals surface area contributed by atoms with Crippen molar-refractivity contribution in [1.82, 2.24) is 9.88 Å². The van der Waals surface area contributed by atoms with Crippen molar-refractivity contribution in [3.8, 4) is 0 Å². The SMILES string of the molecule is CC(c1cccnc1)N1CCc2cccc(N)c2C1. The molecule has 1 aliphatic heterocycles. The van der Waals surface area contributed by atoms with Gasteiger partial charge in [-0.3, -0.25) is 9.88 Å². The van der Waals surface area contributed by atoms with Gasteiger partial charge in [0.05, 0.1) is 0 Å². The van der Waals surface area contributed by atoms with E-state index in [1.165, 1.54) is 16.7 Å². The van der Waals surface area contributed by atoms with E-state index in [1.807, 2.05) is 30.6 Å². The minimum absolute atomic E-state index is 0.376. The molecule has 1 atom stereocenters. The highest BCUT2D eigenvalue weighted by Crippen LogP contribution is 2.29. The molecule has 2 aromatic rings. The van der Waals surface area contributed by atoms with Gasteiger partial charge < -0.3 is 5.73 Å². The van der Waals surface area contributed by atoms with Crippen molar-refractivity contribution in [2.45, 2.75) is 25.9 Å². The van der Waals surface area contributed by atoms with E-state index >= 15 is 0 Å². The van der Waals surface area contributed by atoms with Crippen LogP contribution >= 0.6 is 0 Å². The molecule has 3 nitrogen and oxygen atoms in total. The van der Waals surface area contributed by atoms with E-state index in [2.05, 4.69) is 28.9 Å². The van der Waals surface area contributed by atoms with Gasteiger partial charge in [0.15, 0.2) is 0 Å². The molecule has 0 amide bonds. The Morgan fingerprint density at radius 3 is 2.95 bits per heavy atom. The van der Waals surface area contributed by atoms with Gasteiger partial charge >= 0.3 is 0 Å². The van der Waals surface area contributed by atoms with Gasteiger partial charge in [-0.2, -0.15) is 0 Å². The van der Waals surface area contributed by atoms with Gasteiger partial charge in [0.25, 0.3) is 0 Å². The van der Waals surface area contributed by atoms with Gasteiger partial charge in [0.2, 0.25) is 0 Å². The van der Waals surface area contributed by atoms with E-state index in [9.17, 15) is 0 Å². The number of benzene rings is 1. The van der Waals surface area contributed by atoms with Crippen LogP contribution in [0.15, 0.2) is 42.7 Å². The summed E-state index contributed by atoms with van der Waals surface area (Å²) in [5.74, 6) is 0. The summed E-state index contributed by atoms with van der Waals surface area (Å²) in [6.45, 7) is 4.24. The van der Waals surface area contributed by atoms with Gasteiger partial charge in [-0.25, -0.2) is 0 Å². The lowest BCUT2D eigenvalue weighted by molar-refractivity contribution is 0.192. The zero-order chi connectivity index (χ0) is 13.2. The number of nitrogens with two attached hydrogens (primary N) is 1. The maximum Gasteiger partial charge on any atom is 0.0362 e. The first kappa shape index (κ1) is 12.2. The summed E-state index contributed by atoms with van der Waals surface area (Å²) in [6, 6.07) is 10.8. The lowest BCUT2D eigenvalue weighted by atomic mass is 9.96. The standard InChI is InChI=1S/C16H19N3/c1-12(14-5-3-8-18-10-14)19-9-7-13-4-2-6-16(17)15(13)11-19/h2-6,8,10,12H,7,9,11,17H2,1H3. The molecule has 0 saturated heterocycles. The zero-order valence-corrected chi connectivity index (χ0v) is 11.2. The van der Waals surface area contributed by atoms with Crippen LogP contribution in [0.25, 0.3) is 0 Å². The third kappa shape index (κ3) is 2.34. The maximum atomic E-state index is 6.10. The number of hydrogen-bond acceptors (Lipinski definition) is 3. The van der Waals surface area contributed by atoms with Gasteiger partial charge in [0.1, 0.15) is 0 Å². The fourth-order valence-corrected chi connectivity index (χ4v) is 2.79. The van der Waals surface area contributed by atoms with Crippen molar-refractivity contribution >= 4 is 5.69 Å². The molecule has 1 aliphatic rings. The summed E-state index contributed by atoms with van der Waals surface area (Å²) < 4.78 is 0. The van der Waals surface area contributed by atoms with Crippen LogP contribution in [0.1, 0.15) is 29.7 Å². The summed E-state index contributed by atoms with van der Waals surface area (Å²) in [5.41, 5.74) is 11.0. The maximum absolute atomic E-state index is 6.10. The number of nitrogen functional groups attached to an aromatic ring is 1. The van der Waals surface area contributed by atoms with E-state index in [0.717, 1.165) is 25.2 Å². The second-order valence-corrected chi connectivity index (χ2v) is 5.17. The third-order valence-corrected chi connectivity index (χ3v) is 4.05. The Labute approximate surface area is 114 Å². The Bertz CT molecular complexity index is 565. The average Bonchev–Trinajstić information content (AvgIpc) is 2.47. The Morgan fingerprint density at radius 1 is 1.26 bits per heavy atom. The molecule has 98 valence electrons. The van der Waals surface area contributed by atoms with Crippen LogP contribution in [0.2, 0.25) is 0 Å². The second-order valence-electron chi connectivity index (χ2n) is 5.17. The quantitative estimate of drug-likeness (QED) is 0.837. The number of aromatic nitrogens is 1. The van der Waals surface area contributed by atoms with Crippen LogP contribution < -0.4 is 5.73 Å². The summed E-state index contributed by atoms with van der Waals surface area (Å²) >= 11 is 0. The third-order valence-electron chi connectivity index (χ3n) is 4.05. The van der Waals surface area contributed by atoms with Crippen LogP contribution in [0, 0.1) is 0 Å². The molecule has 0 spiro atoms. The Balaban J connectivity index is 1.84. The summed E-state index contributed by atoms with van der Waals surface area (Å²) in [5, 5.41) is 0. The number of nitrogens with zero attached hydrogens (tertiary/aromatic N) is 2. The molecular weight excluding hydrogens is 234 g/mol. The van der Waals surface area contributed by atoms with E-state index in [1.54, 1.807) is 0 Å². The first-order valence-electron chi connectivity index (χ1n) is 6.76. The number of fused-ring (bicyclic) bond motifs is 1. The molecule has 3 heteroatoms. The van der Waals surface area contributed by atoms with E-state index < -0.39 is 0 Å². The van der Waals surface area contributed by atoms with Gasteiger partial charge in [-0.15, -0.1) is 0 Å². The van der Waals surface area contributed by atoms with Gasteiger partial charge in [-0.1, -0.05) is 18.2 Å². The monoisotopic (exact) mass is 253 g/mol. The molecule has 1 aromatic heterocycles. The van der Waals surface area contributed by atoms with Crippen LogP contribution in [0.3, 0.4) is 0 Å². The number of anilines is 1. The topological polar surface area (TPSA) is 42.2 Å². The van der Waals surface area contributed by atoms with Crippen LogP contribution in [0.5, 0.6) is 0 Å². The molecule has 0 bridgehead atoms. The van der Waals surface area contributed by atoms with Crippen molar-refractivity contribution in [3.05, 3.63) is 59.4 Å². The highest BCUT2D eigenvalue weighted by Gasteiger charge is 2.22. The molecule has 19 heavy (non-hydrogen) atoms. The minimum atomic E-state index is 0.376. The average molecular weight is 253 g/mol. The lowest BCUT2D eigenvalue weighted by Crippen LogP contribution is -2.33. The molecule has 2 heterocycles. The lowest BCUT2D eigenvalue weighted by Gasteiger charge is -2.34.